The van der Waals surface area contributed by atoms with Gasteiger partial charge in [0.1, 0.15) is 5.82 Å². The van der Waals surface area contributed by atoms with Crippen molar-refractivity contribution < 1.29 is 9.18 Å². The maximum Gasteiger partial charge on any atom is 0.227 e. The third kappa shape index (κ3) is 1.89. The van der Waals surface area contributed by atoms with Crippen LogP contribution in [0.25, 0.3) is 0 Å². The SMILES string of the molecule is N#Cc1ccc(N2CCCCC2=O)c(F)c1. The second-order valence-electron chi connectivity index (χ2n) is 3.78. The monoisotopic (exact) mass is 218 g/mol. The molecule has 0 unspecified atom stereocenters. The van der Waals surface area contributed by atoms with Crippen molar-refractivity contribution in [1.82, 2.24) is 0 Å². The molecule has 0 saturated carbocycles. The topological polar surface area (TPSA) is 44.1 Å². The second kappa shape index (κ2) is 4.31. The van der Waals surface area contributed by atoms with Gasteiger partial charge < -0.3 is 4.90 Å². The minimum absolute atomic E-state index is 0.0464. The summed E-state index contributed by atoms with van der Waals surface area (Å²) in [6.45, 7) is 0.557. The van der Waals surface area contributed by atoms with Gasteiger partial charge in [-0.05, 0) is 31.0 Å². The summed E-state index contributed by atoms with van der Waals surface area (Å²) in [5, 5.41) is 8.62. The van der Waals surface area contributed by atoms with E-state index >= 15 is 0 Å². The lowest BCUT2D eigenvalue weighted by Gasteiger charge is -2.27. The van der Waals surface area contributed by atoms with Crippen LogP contribution in [0.2, 0.25) is 0 Å². The molecule has 0 radical (unpaired) electrons. The van der Waals surface area contributed by atoms with Crippen molar-refractivity contribution in [3.8, 4) is 6.07 Å². The summed E-state index contributed by atoms with van der Waals surface area (Å²) in [6, 6.07) is 6.05. The number of amides is 1. The first-order valence-electron chi connectivity index (χ1n) is 5.22. The third-order valence-corrected chi connectivity index (χ3v) is 2.69. The molecule has 0 atom stereocenters. The molecule has 82 valence electrons. The third-order valence-electron chi connectivity index (χ3n) is 2.69. The van der Waals surface area contributed by atoms with Crippen LogP contribution in [0.5, 0.6) is 0 Å². The first-order valence-corrected chi connectivity index (χ1v) is 5.22. The molecule has 0 N–H and O–H groups in total. The lowest BCUT2D eigenvalue weighted by atomic mass is 10.1. The highest BCUT2D eigenvalue weighted by Gasteiger charge is 2.22. The van der Waals surface area contributed by atoms with Crippen LogP contribution in [0.4, 0.5) is 10.1 Å². The largest absolute Gasteiger partial charge is 0.310 e. The van der Waals surface area contributed by atoms with Crippen molar-refractivity contribution in [3.63, 3.8) is 0 Å². The summed E-state index contributed by atoms with van der Waals surface area (Å²) in [5.74, 6) is -0.552. The smallest absolute Gasteiger partial charge is 0.227 e. The van der Waals surface area contributed by atoms with Gasteiger partial charge in [-0.1, -0.05) is 0 Å². The normalized spacial score (nSPS) is 16.0. The van der Waals surface area contributed by atoms with E-state index in [4.69, 9.17) is 5.26 Å². The Hall–Kier alpha value is -1.89. The predicted octanol–water partition coefficient (Wildman–Crippen LogP) is 2.21. The maximum absolute atomic E-state index is 13.6. The van der Waals surface area contributed by atoms with Crippen LogP contribution in [0.3, 0.4) is 0 Å². The molecule has 1 aliphatic rings. The summed E-state index contributed by atoms with van der Waals surface area (Å²) < 4.78 is 13.6. The summed E-state index contributed by atoms with van der Waals surface area (Å²) in [4.78, 5) is 13.1. The molecule has 16 heavy (non-hydrogen) atoms. The van der Waals surface area contributed by atoms with Crippen molar-refractivity contribution in [3.05, 3.63) is 29.6 Å². The van der Waals surface area contributed by atoms with E-state index in [9.17, 15) is 9.18 Å². The summed E-state index contributed by atoms with van der Waals surface area (Å²) in [6.07, 6.45) is 2.23. The molecule has 4 heteroatoms. The molecule has 1 fully saturated rings. The molecular formula is C12H11FN2O. The van der Waals surface area contributed by atoms with Crippen LogP contribution in [-0.4, -0.2) is 12.5 Å². The Morgan fingerprint density at radius 3 is 2.81 bits per heavy atom. The van der Waals surface area contributed by atoms with Crippen molar-refractivity contribution in [2.75, 3.05) is 11.4 Å². The Balaban J connectivity index is 2.33. The maximum atomic E-state index is 13.6. The zero-order valence-corrected chi connectivity index (χ0v) is 8.74. The fourth-order valence-electron chi connectivity index (χ4n) is 1.86. The molecule has 1 aromatic carbocycles. The minimum atomic E-state index is -0.505. The van der Waals surface area contributed by atoms with E-state index in [1.54, 1.807) is 0 Å². The lowest BCUT2D eigenvalue weighted by molar-refractivity contribution is -0.119. The summed E-state index contributed by atoms with van der Waals surface area (Å²) >= 11 is 0. The van der Waals surface area contributed by atoms with Crippen LogP contribution in [0.15, 0.2) is 18.2 Å². The molecule has 1 heterocycles. The molecule has 0 aliphatic carbocycles. The molecule has 1 aromatic rings. The number of nitrogens with zero attached hydrogens (tertiary/aromatic N) is 2. The van der Waals surface area contributed by atoms with Gasteiger partial charge in [-0.15, -0.1) is 0 Å². The van der Waals surface area contributed by atoms with Gasteiger partial charge in [0.25, 0.3) is 0 Å². The number of hydrogen-bond acceptors (Lipinski definition) is 2. The number of nitriles is 1. The molecule has 1 amide bonds. The van der Waals surface area contributed by atoms with Crippen LogP contribution in [0.1, 0.15) is 24.8 Å². The number of rotatable bonds is 1. The minimum Gasteiger partial charge on any atom is -0.310 e. The number of piperidine rings is 1. The van der Waals surface area contributed by atoms with Gasteiger partial charge in [-0.25, -0.2) is 4.39 Å². The number of anilines is 1. The van der Waals surface area contributed by atoms with Crippen molar-refractivity contribution >= 4 is 11.6 Å². The van der Waals surface area contributed by atoms with E-state index in [0.717, 1.165) is 18.9 Å². The Bertz CT molecular complexity index is 465. The van der Waals surface area contributed by atoms with Crippen LogP contribution < -0.4 is 4.90 Å². The van der Waals surface area contributed by atoms with Gasteiger partial charge in [-0.2, -0.15) is 5.26 Å². The second-order valence-corrected chi connectivity index (χ2v) is 3.78. The average molecular weight is 218 g/mol. The van der Waals surface area contributed by atoms with Gasteiger partial charge >= 0.3 is 0 Å². The molecule has 0 spiro atoms. The Morgan fingerprint density at radius 1 is 1.38 bits per heavy atom. The lowest BCUT2D eigenvalue weighted by Crippen LogP contribution is -2.35. The standard InChI is InChI=1S/C12H11FN2O/c13-10-7-9(8-14)4-5-11(10)15-6-2-1-3-12(15)16/h4-5,7H,1-3,6H2. The zero-order chi connectivity index (χ0) is 11.5. The average Bonchev–Trinajstić information content (AvgIpc) is 2.30. The molecule has 3 nitrogen and oxygen atoms in total. The number of hydrogen-bond donors (Lipinski definition) is 0. The van der Waals surface area contributed by atoms with E-state index in [1.165, 1.54) is 17.0 Å². The highest BCUT2D eigenvalue weighted by atomic mass is 19.1. The van der Waals surface area contributed by atoms with Gasteiger partial charge in [0.2, 0.25) is 5.91 Å². The Kier molecular flexibility index (Phi) is 2.86. The summed E-state index contributed by atoms with van der Waals surface area (Å²) in [5.41, 5.74) is 0.550. The van der Waals surface area contributed by atoms with Crippen molar-refractivity contribution in [2.24, 2.45) is 0 Å². The Labute approximate surface area is 93.1 Å². The summed E-state index contributed by atoms with van der Waals surface area (Å²) in [7, 11) is 0. The zero-order valence-electron chi connectivity index (χ0n) is 8.74. The van der Waals surface area contributed by atoms with Crippen molar-refractivity contribution in [1.29, 1.82) is 5.26 Å². The van der Waals surface area contributed by atoms with Gasteiger partial charge in [-0.3, -0.25) is 4.79 Å². The van der Waals surface area contributed by atoms with Gasteiger partial charge in [0.15, 0.2) is 0 Å². The fraction of sp³-hybridized carbons (Fsp3) is 0.333. The molecule has 0 aromatic heterocycles. The number of carbonyl (C=O) groups is 1. The van der Waals surface area contributed by atoms with E-state index in [0.29, 0.717) is 13.0 Å². The van der Waals surface area contributed by atoms with E-state index in [2.05, 4.69) is 0 Å². The van der Waals surface area contributed by atoms with Crippen LogP contribution >= 0.6 is 0 Å². The molecule has 0 bridgehead atoms. The number of benzene rings is 1. The fourth-order valence-corrected chi connectivity index (χ4v) is 1.86. The van der Waals surface area contributed by atoms with Crippen LogP contribution in [-0.2, 0) is 4.79 Å². The molecule has 1 aliphatic heterocycles. The molecule has 2 rings (SSSR count). The van der Waals surface area contributed by atoms with Crippen LogP contribution in [0, 0.1) is 17.1 Å². The Morgan fingerprint density at radius 2 is 2.19 bits per heavy atom. The first-order chi connectivity index (χ1) is 7.72. The van der Waals surface area contributed by atoms with Crippen molar-refractivity contribution in [2.45, 2.75) is 19.3 Å². The van der Waals surface area contributed by atoms with Gasteiger partial charge in [0, 0.05) is 13.0 Å². The van der Waals surface area contributed by atoms with E-state index in [1.807, 2.05) is 6.07 Å². The molecule has 1 saturated heterocycles. The highest BCUT2D eigenvalue weighted by Crippen LogP contribution is 2.24. The highest BCUT2D eigenvalue weighted by molar-refractivity contribution is 5.94. The van der Waals surface area contributed by atoms with E-state index < -0.39 is 5.82 Å². The number of halogens is 1. The number of carbonyl (C=O) groups excluding carboxylic acids is 1. The quantitative estimate of drug-likeness (QED) is 0.725. The predicted molar refractivity (Wildman–Crippen MR) is 57.3 cm³/mol. The first kappa shape index (κ1) is 10.6. The van der Waals surface area contributed by atoms with Gasteiger partial charge in [0.05, 0.1) is 17.3 Å². The van der Waals surface area contributed by atoms with E-state index in [-0.39, 0.29) is 17.2 Å². The molecular weight excluding hydrogens is 207 g/mol.